The summed E-state index contributed by atoms with van der Waals surface area (Å²) in [7, 11) is 3.40. The average molecular weight is 329 g/mol. The Morgan fingerprint density at radius 1 is 1.30 bits per heavy atom. The molecule has 1 aliphatic heterocycles. The first-order valence-electron chi connectivity index (χ1n) is 7.06. The van der Waals surface area contributed by atoms with E-state index >= 15 is 0 Å². The molecule has 0 bridgehead atoms. The van der Waals surface area contributed by atoms with E-state index in [-0.39, 0.29) is 11.7 Å². The molecule has 2 heterocycles. The van der Waals surface area contributed by atoms with Gasteiger partial charge < -0.3 is 14.4 Å². The second kappa shape index (κ2) is 6.34. The Hall–Kier alpha value is -2.46. The third-order valence-corrected chi connectivity index (χ3v) is 4.37. The molecular formula is C16H15N3O3S. The van der Waals surface area contributed by atoms with Crippen LogP contribution < -0.4 is 9.47 Å². The molecule has 1 aromatic heterocycles. The number of thioether (sulfide) groups is 1. The van der Waals surface area contributed by atoms with Gasteiger partial charge in [0, 0.05) is 25.5 Å². The lowest BCUT2D eigenvalue weighted by atomic mass is 10.1. The first kappa shape index (κ1) is 15.4. The lowest BCUT2D eigenvalue weighted by Crippen LogP contribution is -2.23. The highest BCUT2D eigenvalue weighted by Gasteiger charge is 2.16. The highest BCUT2D eigenvalue weighted by Crippen LogP contribution is 2.35. The molecule has 0 saturated carbocycles. The molecule has 0 radical (unpaired) electrons. The van der Waals surface area contributed by atoms with Crippen molar-refractivity contribution >= 4 is 28.6 Å². The predicted molar refractivity (Wildman–Crippen MR) is 86.9 cm³/mol. The smallest absolute Gasteiger partial charge is 0.232 e. The number of carbonyl (C=O) groups excluding carboxylic acids is 1. The third-order valence-electron chi connectivity index (χ3n) is 3.40. The van der Waals surface area contributed by atoms with Gasteiger partial charge in [0.25, 0.3) is 0 Å². The van der Waals surface area contributed by atoms with Gasteiger partial charge in [-0.25, -0.2) is 4.98 Å². The molecule has 2 aromatic rings. The molecule has 7 heteroatoms. The van der Waals surface area contributed by atoms with Crippen molar-refractivity contribution in [2.24, 2.45) is 0 Å². The molecule has 1 amide bonds. The summed E-state index contributed by atoms with van der Waals surface area (Å²) in [5.74, 6) is 1.53. The molecule has 0 N–H and O–H groups in total. The Kier molecular flexibility index (Phi) is 4.26. The van der Waals surface area contributed by atoms with Gasteiger partial charge in [-0.05, 0) is 12.1 Å². The van der Waals surface area contributed by atoms with Gasteiger partial charge in [-0.3, -0.25) is 4.79 Å². The second-order valence-corrected chi connectivity index (χ2v) is 6.18. The molecule has 118 valence electrons. The number of rotatable bonds is 3. The Morgan fingerprint density at radius 2 is 2.00 bits per heavy atom. The average Bonchev–Trinajstić information content (AvgIpc) is 2.56. The standard InChI is InChI=1S/C16H15N3O3S/c1-19(2)15(20)9-23-16-11(8-17)5-10-6-13-14(7-12(10)18-16)22-4-3-21-13/h5-7H,3-4,9H2,1-2H3. The van der Waals surface area contributed by atoms with E-state index in [0.29, 0.717) is 40.8 Å². The van der Waals surface area contributed by atoms with Crippen LogP contribution in [0.4, 0.5) is 0 Å². The van der Waals surface area contributed by atoms with Crippen LogP contribution in [0.15, 0.2) is 23.2 Å². The first-order valence-corrected chi connectivity index (χ1v) is 8.04. The normalized spacial score (nSPS) is 12.7. The van der Waals surface area contributed by atoms with Gasteiger partial charge in [-0.2, -0.15) is 5.26 Å². The zero-order chi connectivity index (χ0) is 16.4. The predicted octanol–water partition coefficient (Wildman–Crippen LogP) is 2.06. The van der Waals surface area contributed by atoms with E-state index in [1.54, 1.807) is 20.2 Å². The quantitative estimate of drug-likeness (QED) is 0.802. The highest BCUT2D eigenvalue weighted by molar-refractivity contribution is 8.00. The molecule has 0 fully saturated rings. The summed E-state index contributed by atoms with van der Waals surface area (Å²) >= 11 is 1.26. The van der Waals surface area contributed by atoms with E-state index in [0.717, 1.165) is 5.39 Å². The van der Waals surface area contributed by atoms with Crippen molar-refractivity contribution in [3.63, 3.8) is 0 Å². The molecule has 3 rings (SSSR count). The maximum Gasteiger partial charge on any atom is 0.232 e. The number of aromatic nitrogens is 1. The van der Waals surface area contributed by atoms with Crippen LogP contribution in [0.25, 0.3) is 10.9 Å². The zero-order valence-corrected chi connectivity index (χ0v) is 13.6. The van der Waals surface area contributed by atoms with Crippen molar-refractivity contribution in [1.82, 2.24) is 9.88 Å². The molecular weight excluding hydrogens is 314 g/mol. The molecule has 1 aromatic carbocycles. The molecule has 0 saturated heterocycles. The van der Waals surface area contributed by atoms with Gasteiger partial charge in [0.1, 0.15) is 24.3 Å². The zero-order valence-electron chi connectivity index (χ0n) is 12.8. The molecule has 0 atom stereocenters. The van der Waals surface area contributed by atoms with Crippen LogP contribution in [0, 0.1) is 11.3 Å². The van der Waals surface area contributed by atoms with Crippen molar-refractivity contribution in [2.45, 2.75) is 5.03 Å². The topological polar surface area (TPSA) is 75.5 Å². The number of ether oxygens (including phenoxy) is 2. The summed E-state index contributed by atoms with van der Waals surface area (Å²) in [5.41, 5.74) is 1.17. The SMILES string of the molecule is CN(C)C(=O)CSc1nc2cc3c(cc2cc1C#N)OCCO3. The Bertz CT molecular complexity index is 814. The molecule has 6 nitrogen and oxygen atoms in total. The van der Waals surface area contributed by atoms with Gasteiger partial charge in [-0.1, -0.05) is 11.8 Å². The van der Waals surface area contributed by atoms with Gasteiger partial charge >= 0.3 is 0 Å². The van der Waals surface area contributed by atoms with Crippen molar-refractivity contribution in [3.8, 4) is 17.6 Å². The molecule has 0 aliphatic carbocycles. The van der Waals surface area contributed by atoms with Gasteiger partial charge in [0.05, 0.1) is 16.8 Å². The van der Waals surface area contributed by atoms with Crippen LogP contribution in [0.5, 0.6) is 11.5 Å². The number of hydrogen-bond acceptors (Lipinski definition) is 6. The number of nitriles is 1. The Morgan fingerprint density at radius 3 is 2.65 bits per heavy atom. The van der Waals surface area contributed by atoms with E-state index in [1.165, 1.54) is 16.7 Å². The fourth-order valence-corrected chi connectivity index (χ4v) is 3.08. The number of fused-ring (bicyclic) bond motifs is 2. The lowest BCUT2D eigenvalue weighted by molar-refractivity contribution is -0.125. The Labute approximate surface area is 138 Å². The van der Waals surface area contributed by atoms with Gasteiger partial charge in [-0.15, -0.1) is 0 Å². The number of amides is 1. The van der Waals surface area contributed by atoms with Crippen LogP contribution in [-0.2, 0) is 4.79 Å². The number of benzene rings is 1. The monoisotopic (exact) mass is 329 g/mol. The largest absolute Gasteiger partial charge is 0.486 e. The number of nitrogens with zero attached hydrogens (tertiary/aromatic N) is 3. The van der Waals surface area contributed by atoms with Crippen LogP contribution in [0.3, 0.4) is 0 Å². The van der Waals surface area contributed by atoms with E-state index in [2.05, 4.69) is 11.1 Å². The second-order valence-electron chi connectivity index (χ2n) is 5.22. The summed E-state index contributed by atoms with van der Waals surface area (Å²) in [6.07, 6.45) is 0. The first-order chi connectivity index (χ1) is 11.1. The number of pyridine rings is 1. The van der Waals surface area contributed by atoms with E-state index in [9.17, 15) is 10.1 Å². The summed E-state index contributed by atoms with van der Waals surface area (Å²) in [4.78, 5) is 17.8. The minimum Gasteiger partial charge on any atom is -0.486 e. The van der Waals surface area contributed by atoms with Crippen LogP contribution in [0.1, 0.15) is 5.56 Å². The maximum atomic E-state index is 11.7. The summed E-state index contributed by atoms with van der Waals surface area (Å²) in [6, 6.07) is 7.55. The van der Waals surface area contributed by atoms with Gasteiger partial charge in [0.2, 0.25) is 5.91 Å². The van der Waals surface area contributed by atoms with Crippen LogP contribution in [-0.4, -0.2) is 48.9 Å². The molecule has 0 spiro atoms. The summed E-state index contributed by atoms with van der Waals surface area (Å²) < 4.78 is 11.1. The Balaban J connectivity index is 1.97. The maximum absolute atomic E-state index is 11.7. The molecule has 0 unspecified atom stereocenters. The van der Waals surface area contributed by atoms with Crippen LogP contribution >= 0.6 is 11.8 Å². The molecule has 1 aliphatic rings. The van der Waals surface area contributed by atoms with Crippen molar-refractivity contribution in [3.05, 3.63) is 23.8 Å². The van der Waals surface area contributed by atoms with Crippen molar-refractivity contribution < 1.29 is 14.3 Å². The van der Waals surface area contributed by atoms with E-state index < -0.39 is 0 Å². The summed E-state index contributed by atoms with van der Waals surface area (Å²) in [6.45, 7) is 1.02. The third kappa shape index (κ3) is 3.17. The fourth-order valence-electron chi connectivity index (χ4n) is 2.14. The van der Waals surface area contributed by atoms with Crippen molar-refractivity contribution in [2.75, 3.05) is 33.1 Å². The van der Waals surface area contributed by atoms with Crippen LogP contribution in [0.2, 0.25) is 0 Å². The van der Waals surface area contributed by atoms with Crippen molar-refractivity contribution in [1.29, 1.82) is 5.26 Å². The minimum atomic E-state index is -0.0250. The minimum absolute atomic E-state index is 0.0250. The van der Waals surface area contributed by atoms with E-state index in [4.69, 9.17) is 9.47 Å². The molecule has 23 heavy (non-hydrogen) atoms. The lowest BCUT2D eigenvalue weighted by Gasteiger charge is -2.19. The van der Waals surface area contributed by atoms with E-state index in [1.807, 2.05) is 12.1 Å². The highest BCUT2D eigenvalue weighted by atomic mass is 32.2. The number of hydrogen-bond donors (Lipinski definition) is 0. The van der Waals surface area contributed by atoms with Gasteiger partial charge in [0.15, 0.2) is 11.5 Å². The fraction of sp³-hybridized carbons (Fsp3) is 0.312. The summed E-state index contributed by atoms with van der Waals surface area (Å²) in [5, 5.41) is 10.7. The number of carbonyl (C=O) groups is 1.